The number of hydrogen-bond donors (Lipinski definition) is 1. The zero-order valence-electron chi connectivity index (χ0n) is 5.69. The Morgan fingerprint density at radius 3 is 2.38 bits per heavy atom. The van der Waals surface area contributed by atoms with E-state index >= 15 is 0 Å². The number of rotatable bonds is 0. The molecular weight excluding hydrogens is 102 g/mol. The molecule has 0 bridgehead atoms. The third kappa shape index (κ3) is 0.858. The van der Waals surface area contributed by atoms with Crippen molar-refractivity contribution in [2.24, 2.45) is 0 Å². The van der Waals surface area contributed by atoms with E-state index in [1.165, 1.54) is 0 Å². The molecule has 1 N–H and O–H groups in total. The molecule has 1 heterocycles. The highest BCUT2D eigenvalue weighted by Crippen LogP contribution is 2.16. The third-order valence-electron chi connectivity index (χ3n) is 1.88. The molecule has 1 unspecified atom stereocenters. The molecule has 1 saturated heterocycles. The Morgan fingerprint density at radius 1 is 1.62 bits per heavy atom. The lowest BCUT2D eigenvalue weighted by Crippen LogP contribution is -2.39. The van der Waals surface area contributed by atoms with Gasteiger partial charge >= 0.3 is 0 Å². The molecule has 0 aromatic rings. The molecule has 1 rings (SSSR count). The fourth-order valence-corrected chi connectivity index (χ4v) is 0.705. The summed E-state index contributed by atoms with van der Waals surface area (Å²) in [5.41, 5.74) is 0.181. The van der Waals surface area contributed by atoms with E-state index in [2.05, 4.69) is 26.1 Å². The molecule has 1 aliphatic heterocycles. The minimum atomic E-state index is 0.181. The summed E-state index contributed by atoms with van der Waals surface area (Å²) in [6.45, 7) is 7.07. The predicted octanol–water partition coefficient (Wildman–Crippen LogP) is 0.731. The van der Waals surface area contributed by atoms with Gasteiger partial charge in [-0.25, -0.2) is 0 Å². The summed E-state index contributed by atoms with van der Waals surface area (Å²) in [4.78, 5) is 0. The van der Waals surface area contributed by atoms with Crippen molar-refractivity contribution in [2.45, 2.75) is 32.4 Å². The average molecular weight is 115 g/mol. The first-order valence-corrected chi connectivity index (χ1v) is 2.99. The molecule has 8 heavy (non-hydrogen) atoms. The van der Waals surface area contributed by atoms with Crippen LogP contribution in [0.5, 0.6) is 0 Å². The van der Waals surface area contributed by atoms with Crippen molar-refractivity contribution in [1.82, 2.24) is 5.32 Å². The topological polar surface area (TPSA) is 21.3 Å². The van der Waals surface area contributed by atoms with E-state index < -0.39 is 0 Å². The van der Waals surface area contributed by atoms with Gasteiger partial charge in [-0.1, -0.05) is 0 Å². The van der Waals surface area contributed by atoms with Gasteiger partial charge in [0.1, 0.15) is 0 Å². The van der Waals surface area contributed by atoms with Crippen LogP contribution in [-0.4, -0.2) is 18.4 Å². The molecule has 0 aromatic heterocycles. The van der Waals surface area contributed by atoms with E-state index in [1.807, 2.05) is 0 Å². The fourth-order valence-electron chi connectivity index (χ4n) is 0.705. The first-order valence-electron chi connectivity index (χ1n) is 2.99. The van der Waals surface area contributed by atoms with Gasteiger partial charge in [0.05, 0.1) is 12.8 Å². The second-order valence-electron chi connectivity index (χ2n) is 2.85. The molecule has 2 nitrogen and oxygen atoms in total. The first-order chi connectivity index (χ1) is 3.63. The summed E-state index contributed by atoms with van der Waals surface area (Å²) >= 11 is 0. The second-order valence-corrected chi connectivity index (χ2v) is 2.85. The van der Waals surface area contributed by atoms with Crippen LogP contribution in [0.3, 0.4) is 0 Å². The molecule has 0 aliphatic carbocycles. The highest BCUT2D eigenvalue weighted by molar-refractivity contribution is 4.86. The van der Waals surface area contributed by atoms with E-state index in [4.69, 9.17) is 4.74 Å². The average Bonchev–Trinajstić information content (AvgIpc) is 1.86. The SMILES string of the molecule is CC1OCNC1(C)C. The van der Waals surface area contributed by atoms with Gasteiger partial charge in [-0.3, -0.25) is 5.32 Å². The molecular formula is C6H13NO. The van der Waals surface area contributed by atoms with Crippen LogP contribution in [0.1, 0.15) is 20.8 Å². The second kappa shape index (κ2) is 1.71. The van der Waals surface area contributed by atoms with Crippen molar-refractivity contribution in [3.05, 3.63) is 0 Å². The Hall–Kier alpha value is -0.0800. The highest BCUT2D eigenvalue weighted by atomic mass is 16.5. The number of nitrogens with one attached hydrogen (secondary N) is 1. The predicted molar refractivity (Wildman–Crippen MR) is 32.6 cm³/mol. The lowest BCUT2D eigenvalue weighted by atomic mass is 10.0. The zero-order chi connectivity index (χ0) is 6.20. The van der Waals surface area contributed by atoms with Crippen molar-refractivity contribution >= 4 is 0 Å². The Labute approximate surface area is 50.2 Å². The Balaban J connectivity index is 2.54. The summed E-state index contributed by atoms with van der Waals surface area (Å²) in [6.07, 6.45) is 0.350. The quantitative estimate of drug-likeness (QED) is 0.502. The first kappa shape index (κ1) is 6.05. The van der Waals surface area contributed by atoms with Gasteiger partial charge in [-0.05, 0) is 20.8 Å². The largest absolute Gasteiger partial charge is 0.361 e. The van der Waals surface area contributed by atoms with Crippen molar-refractivity contribution in [2.75, 3.05) is 6.73 Å². The van der Waals surface area contributed by atoms with Crippen LogP contribution in [0.4, 0.5) is 0 Å². The Kier molecular flexibility index (Phi) is 1.29. The fraction of sp³-hybridized carbons (Fsp3) is 1.00. The monoisotopic (exact) mass is 115 g/mol. The molecule has 0 spiro atoms. The Bertz CT molecular complexity index is 90.5. The maximum absolute atomic E-state index is 5.26. The highest BCUT2D eigenvalue weighted by Gasteiger charge is 2.30. The van der Waals surface area contributed by atoms with Gasteiger partial charge in [0.15, 0.2) is 0 Å². The smallest absolute Gasteiger partial charge is 0.0974 e. The van der Waals surface area contributed by atoms with Crippen LogP contribution in [0.2, 0.25) is 0 Å². The van der Waals surface area contributed by atoms with Gasteiger partial charge in [-0.15, -0.1) is 0 Å². The maximum Gasteiger partial charge on any atom is 0.0974 e. The van der Waals surface area contributed by atoms with Crippen molar-refractivity contribution in [1.29, 1.82) is 0 Å². The van der Waals surface area contributed by atoms with Gasteiger partial charge in [0.2, 0.25) is 0 Å². The molecule has 1 fully saturated rings. The zero-order valence-corrected chi connectivity index (χ0v) is 5.69. The van der Waals surface area contributed by atoms with Crippen LogP contribution in [-0.2, 0) is 4.74 Å². The minimum Gasteiger partial charge on any atom is -0.361 e. The third-order valence-corrected chi connectivity index (χ3v) is 1.88. The summed E-state index contributed by atoms with van der Waals surface area (Å²) in [5.74, 6) is 0. The van der Waals surface area contributed by atoms with Crippen LogP contribution >= 0.6 is 0 Å². The van der Waals surface area contributed by atoms with Crippen molar-refractivity contribution in [3.63, 3.8) is 0 Å². The van der Waals surface area contributed by atoms with E-state index in [0.717, 1.165) is 0 Å². The van der Waals surface area contributed by atoms with E-state index in [1.54, 1.807) is 0 Å². The molecule has 1 atom stereocenters. The van der Waals surface area contributed by atoms with Crippen LogP contribution < -0.4 is 5.32 Å². The van der Waals surface area contributed by atoms with E-state index in [0.29, 0.717) is 12.8 Å². The summed E-state index contributed by atoms with van der Waals surface area (Å²) in [7, 11) is 0. The molecule has 0 saturated carbocycles. The minimum absolute atomic E-state index is 0.181. The lowest BCUT2D eigenvalue weighted by Gasteiger charge is -2.20. The van der Waals surface area contributed by atoms with Crippen LogP contribution in [0.25, 0.3) is 0 Å². The normalized spacial score (nSPS) is 35.6. The summed E-state index contributed by atoms with van der Waals surface area (Å²) < 4.78 is 5.26. The van der Waals surface area contributed by atoms with E-state index in [-0.39, 0.29) is 5.54 Å². The van der Waals surface area contributed by atoms with E-state index in [9.17, 15) is 0 Å². The van der Waals surface area contributed by atoms with Crippen molar-refractivity contribution in [3.8, 4) is 0 Å². The van der Waals surface area contributed by atoms with Crippen molar-refractivity contribution < 1.29 is 4.74 Å². The number of hydrogen-bond acceptors (Lipinski definition) is 2. The standard InChI is InChI=1S/C6H13NO/c1-5-6(2,3)7-4-8-5/h5,7H,4H2,1-3H3. The van der Waals surface area contributed by atoms with Gasteiger partial charge in [0, 0.05) is 5.54 Å². The molecule has 2 heteroatoms. The van der Waals surface area contributed by atoms with Crippen LogP contribution in [0.15, 0.2) is 0 Å². The molecule has 0 amide bonds. The number of ether oxygens (including phenoxy) is 1. The van der Waals surface area contributed by atoms with Gasteiger partial charge in [0.25, 0.3) is 0 Å². The summed E-state index contributed by atoms with van der Waals surface area (Å²) in [6, 6.07) is 0. The maximum atomic E-state index is 5.26. The van der Waals surface area contributed by atoms with Gasteiger partial charge in [-0.2, -0.15) is 0 Å². The van der Waals surface area contributed by atoms with Gasteiger partial charge < -0.3 is 4.74 Å². The van der Waals surface area contributed by atoms with Crippen LogP contribution in [0, 0.1) is 0 Å². The summed E-state index contributed by atoms with van der Waals surface area (Å²) in [5, 5.41) is 3.22. The molecule has 1 aliphatic rings. The Morgan fingerprint density at radius 2 is 2.25 bits per heavy atom. The molecule has 0 radical (unpaired) electrons. The molecule has 0 aromatic carbocycles. The molecule has 48 valence electrons. The lowest BCUT2D eigenvalue weighted by molar-refractivity contribution is 0.103.